The van der Waals surface area contributed by atoms with Crippen LogP contribution in [0.25, 0.3) is 0 Å². The molecule has 2 aromatic rings. The highest BCUT2D eigenvalue weighted by Crippen LogP contribution is 2.31. The van der Waals surface area contributed by atoms with Crippen LogP contribution in [0.1, 0.15) is 39.1 Å². The molecule has 6 nitrogen and oxygen atoms in total. The number of carbonyl (C=O) groups is 3. The molecule has 1 fully saturated rings. The number of piperidine rings is 1. The van der Waals surface area contributed by atoms with E-state index in [0.29, 0.717) is 0 Å². The Bertz CT molecular complexity index is 964. The number of imide groups is 1. The van der Waals surface area contributed by atoms with E-state index in [1.165, 1.54) is 17.7 Å². The quantitative estimate of drug-likeness (QED) is 0.671. The van der Waals surface area contributed by atoms with Crippen LogP contribution in [0.2, 0.25) is 10.0 Å². The fourth-order valence-corrected chi connectivity index (χ4v) is 4.40. The highest BCUT2D eigenvalue weighted by molar-refractivity contribution is 6.43. The van der Waals surface area contributed by atoms with E-state index in [1.807, 2.05) is 6.07 Å². The topological polar surface area (TPSA) is 69.7 Å². The van der Waals surface area contributed by atoms with Gasteiger partial charge in [0.2, 0.25) is 5.91 Å². The standard InChI is InChI=1S/C23H23Cl2N3O3/c24-19-12-17-18(13-20(19)25)23(31)28(22(17)30)14-21(29)26-16-7-10-27(11-8-16)9-6-15-4-2-1-3-5-15/h1-5,12-13,16H,6-11,14H2,(H,26,29). The molecule has 2 aliphatic heterocycles. The minimum absolute atomic E-state index is 0.0412. The van der Waals surface area contributed by atoms with E-state index >= 15 is 0 Å². The van der Waals surface area contributed by atoms with Gasteiger partial charge in [-0.15, -0.1) is 0 Å². The van der Waals surface area contributed by atoms with Gasteiger partial charge in [-0.25, -0.2) is 0 Å². The molecule has 0 spiro atoms. The van der Waals surface area contributed by atoms with E-state index in [-0.39, 0.29) is 39.7 Å². The summed E-state index contributed by atoms with van der Waals surface area (Å²) in [5, 5.41) is 3.37. The summed E-state index contributed by atoms with van der Waals surface area (Å²) >= 11 is 11.9. The molecule has 31 heavy (non-hydrogen) atoms. The van der Waals surface area contributed by atoms with Gasteiger partial charge < -0.3 is 10.2 Å². The maximum atomic E-state index is 12.5. The van der Waals surface area contributed by atoms with Crippen molar-refractivity contribution < 1.29 is 14.4 Å². The summed E-state index contributed by atoms with van der Waals surface area (Å²) in [6.07, 6.45) is 2.69. The molecular formula is C23H23Cl2N3O3. The second-order valence-corrected chi connectivity index (χ2v) is 8.74. The van der Waals surface area contributed by atoms with Gasteiger partial charge in [-0.05, 0) is 37.0 Å². The molecule has 0 atom stereocenters. The zero-order valence-electron chi connectivity index (χ0n) is 16.9. The van der Waals surface area contributed by atoms with Crippen LogP contribution < -0.4 is 5.32 Å². The molecule has 3 amide bonds. The first-order chi connectivity index (χ1) is 14.9. The molecule has 4 rings (SSSR count). The smallest absolute Gasteiger partial charge is 0.262 e. The maximum absolute atomic E-state index is 12.5. The predicted molar refractivity (Wildman–Crippen MR) is 120 cm³/mol. The van der Waals surface area contributed by atoms with E-state index in [1.54, 1.807) is 0 Å². The Hall–Kier alpha value is -2.41. The Labute approximate surface area is 191 Å². The van der Waals surface area contributed by atoms with E-state index < -0.39 is 11.8 Å². The van der Waals surface area contributed by atoms with Gasteiger partial charge in [0.25, 0.3) is 11.8 Å². The molecule has 0 aromatic heterocycles. The summed E-state index contributed by atoms with van der Waals surface area (Å²) in [7, 11) is 0. The van der Waals surface area contributed by atoms with Crippen LogP contribution in [0.15, 0.2) is 42.5 Å². The fourth-order valence-electron chi connectivity index (χ4n) is 4.08. The summed E-state index contributed by atoms with van der Waals surface area (Å²) in [5.74, 6) is -1.39. The third-order valence-electron chi connectivity index (χ3n) is 5.83. The largest absolute Gasteiger partial charge is 0.352 e. The minimum Gasteiger partial charge on any atom is -0.352 e. The van der Waals surface area contributed by atoms with Gasteiger partial charge >= 0.3 is 0 Å². The number of nitrogens with one attached hydrogen (secondary N) is 1. The highest BCUT2D eigenvalue weighted by Gasteiger charge is 2.37. The van der Waals surface area contributed by atoms with Crippen molar-refractivity contribution in [1.82, 2.24) is 15.1 Å². The lowest BCUT2D eigenvalue weighted by molar-refractivity contribution is -0.122. The number of halogens is 2. The average Bonchev–Trinajstić information content (AvgIpc) is 2.98. The number of likely N-dealkylation sites (tertiary alicyclic amines) is 1. The lowest BCUT2D eigenvalue weighted by atomic mass is 10.0. The van der Waals surface area contributed by atoms with Crippen LogP contribution in [-0.4, -0.2) is 59.7 Å². The summed E-state index contributed by atoms with van der Waals surface area (Å²) in [6.45, 7) is 2.49. The number of nitrogens with zero attached hydrogens (tertiary/aromatic N) is 2. The van der Waals surface area contributed by atoms with Crippen LogP contribution in [0, 0.1) is 0 Å². The summed E-state index contributed by atoms with van der Waals surface area (Å²) in [6, 6.07) is 13.2. The van der Waals surface area contributed by atoms with E-state index in [0.717, 1.165) is 43.8 Å². The van der Waals surface area contributed by atoms with Gasteiger partial charge in [0.1, 0.15) is 6.54 Å². The molecule has 2 aliphatic rings. The van der Waals surface area contributed by atoms with Gasteiger partial charge in [-0.2, -0.15) is 0 Å². The molecule has 2 heterocycles. The van der Waals surface area contributed by atoms with Crippen molar-refractivity contribution in [2.75, 3.05) is 26.2 Å². The molecule has 0 radical (unpaired) electrons. The second kappa shape index (κ2) is 9.39. The zero-order valence-corrected chi connectivity index (χ0v) is 18.5. The first kappa shape index (κ1) is 21.8. The summed E-state index contributed by atoms with van der Waals surface area (Å²) < 4.78 is 0. The summed E-state index contributed by atoms with van der Waals surface area (Å²) in [4.78, 5) is 40.9. The highest BCUT2D eigenvalue weighted by atomic mass is 35.5. The van der Waals surface area contributed by atoms with Crippen molar-refractivity contribution in [2.45, 2.75) is 25.3 Å². The Morgan fingerprint density at radius 1 is 0.968 bits per heavy atom. The van der Waals surface area contributed by atoms with Crippen molar-refractivity contribution in [3.8, 4) is 0 Å². The minimum atomic E-state index is -0.524. The third-order valence-corrected chi connectivity index (χ3v) is 6.55. The molecule has 0 bridgehead atoms. The normalized spacial score (nSPS) is 17.2. The Balaban J connectivity index is 1.25. The van der Waals surface area contributed by atoms with Crippen LogP contribution in [-0.2, 0) is 11.2 Å². The van der Waals surface area contributed by atoms with Crippen molar-refractivity contribution in [1.29, 1.82) is 0 Å². The fraction of sp³-hybridized carbons (Fsp3) is 0.348. The second-order valence-electron chi connectivity index (χ2n) is 7.93. The lowest BCUT2D eigenvalue weighted by Crippen LogP contribution is -2.48. The first-order valence-corrected chi connectivity index (χ1v) is 11.1. The number of hydrogen-bond acceptors (Lipinski definition) is 4. The van der Waals surface area contributed by atoms with Crippen LogP contribution in [0.5, 0.6) is 0 Å². The van der Waals surface area contributed by atoms with Crippen molar-refractivity contribution in [2.24, 2.45) is 0 Å². The molecule has 0 aliphatic carbocycles. The SMILES string of the molecule is O=C(CN1C(=O)c2cc(Cl)c(Cl)cc2C1=O)NC1CCN(CCc2ccccc2)CC1. The van der Waals surface area contributed by atoms with Gasteiger partial charge in [-0.3, -0.25) is 19.3 Å². The van der Waals surface area contributed by atoms with Crippen molar-refractivity contribution in [3.63, 3.8) is 0 Å². The Kier molecular flexibility index (Phi) is 6.60. The number of rotatable bonds is 6. The first-order valence-electron chi connectivity index (χ1n) is 10.3. The van der Waals surface area contributed by atoms with Crippen LogP contribution in [0.3, 0.4) is 0 Å². The molecule has 0 unspecified atom stereocenters. The average molecular weight is 460 g/mol. The molecule has 2 aromatic carbocycles. The molecule has 162 valence electrons. The molecule has 0 saturated carbocycles. The van der Waals surface area contributed by atoms with Crippen molar-refractivity contribution >= 4 is 40.9 Å². The Morgan fingerprint density at radius 3 is 2.13 bits per heavy atom. The van der Waals surface area contributed by atoms with Gasteiger partial charge in [0.15, 0.2) is 0 Å². The van der Waals surface area contributed by atoms with Gasteiger partial charge in [0.05, 0.1) is 21.2 Å². The Morgan fingerprint density at radius 2 is 1.55 bits per heavy atom. The third kappa shape index (κ3) is 4.92. The monoisotopic (exact) mass is 459 g/mol. The van der Waals surface area contributed by atoms with Crippen molar-refractivity contribution in [3.05, 3.63) is 69.2 Å². The van der Waals surface area contributed by atoms with Crippen LogP contribution in [0.4, 0.5) is 0 Å². The van der Waals surface area contributed by atoms with E-state index in [9.17, 15) is 14.4 Å². The number of hydrogen-bond donors (Lipinski definition) is 1. The van der Waals surface area contributed by atoms with Gasteiger partial charge in [0, 0.05) is 25.7 Å². The van der Waals surface area contributed by atoms with E-state index in [2.05, 4.69) is 34.5 Å². The number of amides is 3. The zero-order chi connectivity index (χ0) is 22.0. The molecular weight excluding hydrogens is 437 g/mol. The predicted octanol–water partition coefficient (Wildman–Crippen LogP) is 3.41. The molecule has 1 N–H and O–H groups in total. The maximum Gasteiger partial charge on any atom is 0.262 e. The van der Waals surface area contributed by atoms with Crippen LogP contribution >= 0.6 is 23.2 Å². The number of fused-ring (bicyclic) bond motifs is 1. The van der Waals surface area contributed by atoms with E-state index in [4.69, 9.17) is 23.2 Å². The molecule has 8 heteroatoms. The lowest BCUT2D eigenvalue weighted by Gasteiger charge is -2.32. The van der Waals surface area contributed by atoms with Gasteiger partial charge in [-0.1, -0.05) is 53.5 Å². The summed E-state index contributed by atoms with van der Waals surface area (Å²) in [5.41, 5.74) is 1.68. The number of benzene rings is 2. The molecule has 1 saturated heterocycles. The number of carbonyl (C=O) groups excluding carboxylic acids is 3.